The van der Waals surface area contributed by atoms with Crippen LogP contribution in [0.15, 0.2) is 24.3 Å². The average molecular weight is 517 g/mol. The first-order valence-corrected chi connectivity index (χ1v) is 13.7. The second-order valence-corrected chi connectivity index (χ2v) is 11.5. The van der Waals surface area contributed by atoms with E-state index in [1.54, 1.807) is 0 Å². The Morgan fingerprint density at radius 2 is 1.81 bits per heavy atom. The number of cyclic esters (lactones) is 1. The number of nitrogens with zero attached hydrogens (tertiary/aromatic N) is 3. The van der Waals surface area contributed by atoms with E-state index in [0.717, 1.165) is 57.0 Å². The molecule has 196 valence electrons. The lowest BCUT2D eigenvalue weighted by molar-refractivity contribution is -0.155. The molecule has 3 heterocycles. The molecule has 1 N–H and O–H groups in total. The summed E-state index contributed by atoms with van der Waals surface area (Å²) in [5, 5.41) is 3.66. The minimum atomic E-state index is -0.730. The first-order chi connectivity index (χ1) is 17.3. The van der Waals surface area contributed by atoms with Gasteiger partial charge in [0, 0.05) is 69.9 Å². The molecule has 1 saturated carbocycles. The number of anilines is 1. The van der Waals surface area contributed by atoms with Gasteiger partial charge in [0.05, 0.1) is 5.41 Å². The van der Waals surface area contributed by atoms with Crippen LogP contribution in [0.4, 0.5) is 5.69 Å². The number of ether oxygens (including phenoxy) is 1. The van der Waals surface area contributed by atoms with Crippen LogP contribution in [-0.4, -0.2) is 85.0 Å². The summed E-state index contributed by atoms with van der Waals surface area (Å²) in [6.07, 6.45) is 5.17. The minimum absolute atomic E-state index is 0.0126. The molecule has 0 radical (unpaired) electrons. The fraction of sp³-hybridized carbons (Fsp3) is 0.667. The van der Waals surface area contributed by atoms with Gasteiger partial charge < -0.3 is 19.9 Å². The van der Waals surface area contributed by atoms with E-state index in [4.69, 9.17) is 16.3 Å². The number of nitrogens with one attached hydrogen (secondary N) is 1. The van der Waals surface area contributed by atoms with Gasteiger partial charge in [0.25, 0.3) is 0 Å². The van der Waals surface area contributed by atoms with Crippen LogP contribution < -0.4 is 10.2 Å². The summed E-state index contributed by atoms with van der Waals surface area (Å²) in [7, 11) is 0. The lowest BCUT2D eigenvalue weighted by Gasteiger charge is -2.46. The van der Waals surface area contributed by atoms with Crippen molar-refractivity contribution in [2.24, 2.45) is 5.41 Å². The number of benzene rings is 1. The third-order valence-corrected chi connectivity index (χ3v) is 8.91. The molecule has 4 aliphatic rings. The van der Waals surface area contributed by atoms with Crippen LogP contribution in [0.25, 0.3) is 0 Å². The summed E-state index contributed by atoms with van der Waals surface area (Å²) < 4.78 is 5.85. The maximum absolute atomic E-state index is 13.2. The number of hydrogen-bond donors (Lipinski definition) is 1. The SMILES string of the molecule is CC(=O)NC1(C(=O)N2CCC3(CC2)C[C@H](CCN2CCN(c4cccc(Cl)c4)CC2)OC3=O)CCC1. The molecule has 0 unspecified atom stereocenters. The minimum Gasteiger partial charge on any atom is -0.462 e. The van der Waals surface area contributed by atoms with E-state index in [9.17, 15) is 14.4 Å². The summed E-state index contributed by atoms with van der Waals surface area (Å²) in [5.41, 5.74) is -0.0294. The molecule has 0 aromatic heterocycles. The Labute approximate surface area is 218 Å². The van der Waals surface area contributed by atoms with Gasteiger partial charge >= 0.3 is 5.97 Å². The van der Waals surface area contributed by atoms with Crippen molar-refractivity contribution in [3.63, 3.8) is 0 Å². The first-order valence-electron chi connectivity index (χ1n) is 13.3. The Balaban J connectivity index is 1.08. The highest BCUT2D eigenvalue weighted by molar-refractivity contribution is 6.30. The highest BCUT2D eigenvalue weighted by atomic mass is 35.5. The molecule has 2 amide bonds. The molecule has 9 heteroatoms. The van der Waals surface area contributed by atoms with Crippen LogP contribution >= 0.6 is 11.6 Å². The molecule has 8 nitrogen and oxygen atoms in total. The molecule has 4 fully saturated rings. The number of halogens is 1. The number of carbonyl (C=O) groups excluding carboxylic acids is 3. The molecular weight excluding hydrogens is 480 g/mol. The Hall–Kier alpha value is -2.32. The van der Waals surface area contributed by atoms with Gasteiger partial charge in [0.2, 0.25) is 11.8 Å². The fourth-order valence-electron chi connectivity index (χ4n) is 6.34. The van der Waals surface area contributed by atoms with Crippen molar-refractivity contribution in [1.29, 1.82) is 0 Å². The van der Waals surface area contributed by atoms with Crippen LogP contribution in [0.5, 0.6) is 0 Å². The maximum Gasteiger partial charge on any atom is 0.312 e. The zero-order valence-corrected chi connectivity index (χ0v) is 21.9. The van der Waals surface area contributed by atoms with E-state index in [2.05, 4.69) is 21.2 Å². The smallest absolute Gasteiger partial charge is 0.312 e. The third-order valence-electron chi connectivity index (χ3n) is 8.68. The van der Waals surface area contributed by atoms with E-state index >= 15 is 0 Å². The van der Waals surface area contributed by atoms with Crippen molar-refractivity contribution < 1.29 is 19.1 Å². The lowest BCUT2D eigenvalue weighted by Crippen LogP contribution is -2.64. The van der Waals surface area contributed by atoms with Crippen molar-refractivity contribution in [3.05, 3.63) is 29.3 Å². The van der Waals surface area contributed by atoms with E-state index in [-0.39, 0.29) is 23.9 Å². The highest BCUT2D eigenvalue weighted by Gasteiger charge is 2.53. The Morgan fingerprint density at radius 3 is 2.42 bits per heavy atom. The number of piperidine rings is 1. The number of amides is 2. The number of piperazine rings is 1. The van der Waals surface area contributed by atoms with Gasteiger partial charge in [-0.05, 0) is 56.7 Å². The van der Waals surface area contributed by atoms with Crippen molar-refractivity contribution in [2.45, 2.75) is 63.5 Å². The molecule has 0 bridgehead atoms. The van der Waals surface area contributed by atoms with Crippen molar-refractivity contribution in [1.82, 2.24) is 15.1 Å². The molecule has 1 aromatic rings. The molecule has 36 heavy (non-hydrogen) atoms. The highest BCUT2D eigenvalue weighted by Crippen LogP contribution is 2.45. The molecule has 1 aliphatic carbocycles. The quantitative estimate of drug-likeness (QED) is 0.585. The van der Waals surface area contributed by atoms with Crippen LogP contribution in [0, 0.1) is 5.41 Å². The van der Waals surface area contributed by atoms with E-state index in [1.165, 1.54) is 12.6 Å². The van der Waals surface area contributed by atoms with Crippen molar-refractivity contribution in [2.75, 3.05) is 50.7 Å². The number of likely N-dealkylation sites (tertiary alicyclic amines) is 1. The van der Waals surface area contributed by atoms with E-state index in [0.29, 0.717) is 38.8 Å². The standard InChI is InChI=1S/C27H37ClN4O4/c1-20(33)29-27(7-3-8-27)24(34)32-12-9-26(10-13-32)19-23(36-25(26)35)6-11-30-14-16-31(17-15-30)22-5-2-4-21(28)18-22/h2,4-5,18,23H,3,6-17,19H2,1H3,(H,29,33)/t23-/m0/s1. The van der Waals surface area contributed by atoms with Crippen molar-refractivity contribution in [3.8, 4) is 0 Å². The number of carbonyl (C=O) groups is 3. The van der Waals surface area contributed by atoms with Gasteiger partial charge in [-0.2, -0.15) is 0 Å². The average Bonchev–Trinajstić information content (AvgIpc) is 3.15. The maximum atomic E-state index is 13.2. The van der Waals surface area contributed by atoms with Crippen molar-refractivity contribution >= 4 is 35.1 Å². The summed E-state index contributed by atoms with van der Waals surface area (Å²) >= 11 is 6.15. The number of rotatable bonds is 6. The first kappa shape index (κ1) is 25.3. The van der Waals surface area contributed by atoms with E-state index < -0.39 is 11.0 Å². The van der Waals surface area contributed by atoms with Crippen LogP contribution in [0.2, 0.25) is 5.02 Å². The van der Waals surface area contributed by atoms with Crippen LogP contribution in [-0.2, 0) is 19.1 Å². The zero-order chi connectivity index (χ0) is 25.3. The van der Waals surface area contributed by atoms with Gasteiger partial charge in [0.1, 0.15) is 11.6 Å². The Kier molecular flexibility index (Phi) is 7.18. The van der Waals surface area contributed by atoms with Gasteiger partial charge in [-0.25, -0.2) is 0 Å². The second-order valence-electron chi connectivity index (χ2n) is 11.0. The molecule has 1 spiro atoms. The number of esters is 1. The van der Waals surface area contributed by atoms with Gasteiger partial charge in [0.15, 0.2) is 0 Å². The molecule has 1 atom stereocenters. The summed E-state index contributed by atoms with van der Waals surface area (Å²) in [6.45, 7) is 7.35. The summed E-state index contributed by atoms with van der Waals surface area (Å²) in [5.74, 6) is -0.242. The normalized spacial score (nSPS) is 25.4. The van der Waals surface area contributed by atoms with Crippen LogP contribution in [0.3, 0.4) is 0 Å². The largest absolute Gasteiger partial charge is 0.462 e. The molecule has 3 aliphatic heterocycles. The van der Waals surface area contributed by atoms with Gasteiger partial charge in [-0.3, -0.25) is 19.3 Å². The monoisotopic (exact) mass is 516 g/mol. The Bertz CT molecular complexity index is 997. The second kappa shape index (κ2) is 10.2. The molecule has 1 aromatic carbocycles. The molecule has 5 rings (SSSR count). The zero-order valence-electron chi connectivity index (χ0n) is 21.1. The third kappa shape index (κ3) is 5.07. The molecular formula is C27H37ClN4O4. The topological polar surface area (TPSA) is 82.2 Å². The molecule has 3 saturated heterocycles. The van der Waals surface area contributed by atoms with E-state index in [1.807, 2.05) is 23.1 Å². The number of hydrogen-bond acceptors (Lipinski definition) is 6. The fourth-order valence-corrected chi connectivity index (χ4v) is 6.52. The summed E-state index contributed by atoms with van der Waals surface area (Å²) in [6, 6.07) is 8.00. The summed E-state index contributed by atoms with van der Waals surface area (Å²) in [4.78, 5) is 44.4. The lowest BCUT2D eigenvalue weighted by atomic mass is 9.73. The van der Waals surface area contributed by atoms with Crippen LogP contribution in [0.1, 0.15) is 51.9 Å². The Morgan fingerprint density at radius 1 is 1.08 bits per heavy atom. The predicted octanol–water partition coefficient (Wildman–Crippen LogP) is 2.84. The van der Waals surface area contributed by atoms with Gasteiger partial charge in [-0.15, -0.1) is 0 Å². The predicted molar refractivity (Wildman–Crippen MR) is 138 cm³/mol. The van der Waals surface area contributed by atoms with Gasteiger partial charge in [-0.1, -0.05) is 17.7 Å².